The van der Waals surface area contributed by atoms with Gasteiger partial charge in [-0.15, -0.1) is 0 Å². The summed E-state index contributed by atoms with van der Waals surface area (Å²) >= 11 is 0. The maximum absolute atomic E-state index is 13.3. The standard InChI is InChI=1S/C27H27NO4/c1-16(18-13-19-15-27(2,3)32-24(19)23(14-18)30-4)28-26(29)22-11-12-31-25-20-8-6-5-7-17(20)9-10-21(22)25/h5-11,13-14,16H,12,15H2,1-4H3,(H,28,29). The zero-order chi connectivity index (χ0) is 22.5. The van der Waals surface area contributed by atoms with E-state index in [4.69, 9.17) is 14.2 Å². The number of nitrogens with one attached hydrogen (secondary N) is 1. The number of hydrogen-bond acceptors (Lipinski definition) is 4. The van der Waals surface area contributed by atoms with Crippen molar-refractivity contribution in [3.63, 3.8) is 0 Å². The van der Waals surface area contributed by atoms with Crippen molar-refractivity contribution in [2.45, 2.75) is 38.8 Å². The van der Waals surface area contributed by atoms with E-state index in [0.717, 1.165) is 45.4 Å². The van der Waals surface area contributed by atoms with Gasteiger partial charge in [-0.25, -0.2) is 0 Å². The normalized spacial score (nSPS) is 16.8. The predicted octanol–water partition coefficient (Wildman–Crippen LogP) is 5.22. The Morgan fingerprint density at radius 3 is 2.75 bits per heavy atom. The molecule has 2 aliphatic heterocycles. The van der Waals surface area contributed by atoms with Crippen molar-refractivity contribution in [2.75, 3.05) is 13.7 Å². The number of ether oxygens (including phenoxy) is 3. The molecule has 1 atom stereocenters. The summed E-state index contributed by atoms with van der Waals surface area (Å²) in [4.78, 5) is 13.3. The maximum Gasteiger partial charge on any atom is 0.252 e. The van der Waals surface area contributed by atoms with Crippen molar-refractivity contribution < 1.29 is 19.0 Å². The number of methoxy groups -OCH3 is 1. The van der Waals surface area contributed by atoms with Crippen molar-refractivity contribution in [3.05, 3.63) is 71.3 Å². The van der Waals surface area contributed by atoms with E-state index in [2.05, 4.69) is 25.2 Å². The van der Waals surface area contributed by atoms with Crippen LogP contribution in [0.2, 0.25) is 0 Å². The monoisotopic (exact) mass is 429 g/mol. The average Bonchev–Trinajstić information content (AvgIpc) is 3.11. The molecule has 1 amide bonds. The molecule has 0 bridgehead atoms. The number of carbonyl (C=O) groups is 1. The summed E-state index contributed by atoms with van der Waals surface area (Å²) in [5.74, 6) is 2.15. The molecule has 3 aromatic rings. The van der Waals surface area contributed by atoms with Gasteiger partial charge < -0.3 is 19.5 Å². The highest BCUT2D eigenvalue weighted by molar-refractivity contribution is 6.21. The van der Waals surface area contributed by atoms with Crippen LogP contribution in [0.4, 0.5) is 0 Å². The second-order valence-electron chi connectivity index (χ2n) is 9.04. The van der Waals surface area contributed by atoms with Gasteiger partial charge in [-0.2, -0.15) is 0 Å². The van der Waals surface area contributed by atoms with Crippen LogP contribution in [0.5, 0.6) is 17.2 Å². The number of fused-ring (bicyclic) bond motifs is 4. The van der Waals surface area contributed by atoms with Gasteiger partial charge in [-0.3, -0.25) is 4.79 Å². The highest BCUT2D eigenvalue weighted by Gasteiger charge is 2.33. The molecule has 1 N–H and O–H groups in total. The van der Waals surface area contributed by atoms with Gasteiger partial charge >= 0.3 is 0 Å². The minimum Gasteiger partial charge on any atom is -0.493 e. The maximum atomic E-state index is 13.3. The molecule has 5 nitrogen and oxygen atoms in total. The van der Waals surface area contributed by atoms with Crippen LogP contribution in [0.25, 0.3) is 16.3 Å². The molecule has 0 fully saturated rings. The van der Waals surface area contributed by atoms with Crippen LogP contribution in [0.3, 0.4) is 0 Å². The fraction of sp³-hybridized carbons (Fsp3) is 0.296. The Balaban J connectivity index is 1.42. The van der Waals surface area contributed by atoms with Gasteiger partial charge in [0, 0.05) is 28.5 Å². The molecule has 164 valence electrons. The Hall–Kier alpha value is -3.47. The summed E-state index contributed by atoms with van der Waals surface area (Å²) < 4.78 is 17.6. The number of amides is 1. The molecule has 1 unspecified atom stereocenters. The quantitative estimate of drug-likeness (QED) is 0.618. The van der Waals surface area contributed by atoms with E-state index in [9.17, 15) is 4.79 Å². The summed E-state index contributed by atoms with van der Waals surface area (Å²) in [7, 11) is 1.64. The molecule has 0 aliphatic carbocycles. The van der Waals surface area contributed by atoms with E-state index < -0.39 is 0 Å². The molecule has 0 saturated heterocycles. The smallest absolute Gasteiger partial charge is 0.252 e. The molecule has 3 aromatic carbocycles. The molecule has 0 radical (unpaired) electrons. The largest absolute Gasteiger partial charge is 0.493 e. The van der Waals surface area contributed by atoms with Crippen LogP contribution in [0.15, 0.2) is 54.6 Å². The summed E-state index contributed by atoms with van der Waals surface area (Å²) in [6, 6.07) is 15.9. The van der Waals surface area contributed by atoms with Crippen molar-refractivity contribution in [2.24, 2.45) is 0 Å². The van der Waals surface area contributed by atoms with E-state index in [-0.39, 0.29) is 17.6 Å². The van der Waals surface area contributed by atoms with Crippen molar-refractivity contribution in [3.8, 4) is 17.2 Å². The minimum absolute atomic E-state index is 0.117. The molecule has 0 aromatic heterocycles. The number of benzene rings is 3. The lowest BCUT2D eigenvalue weighted by atomic mass is 9.96. The third kappa shape index (κ3) is 3.48. The highest BCUT2D eigenvalue weighted by atomic mass is 16.5. The van der Waals surface area contributed by atoms with Crippen molar-refractivity contribution >= 4 is 22.3 Å². The van der Waals surface area contributed by atoms with E-state index in [1.165, 1.54) is 0 Å². The van der Waals surface area contributed by atoms with Crippen LogP contribution >= 0.6 is 0 Å². The molecule has 0 saturated carbocycles. The van der Waals surface area contributed by atoms with Gasteiger partial charge in [-0.1, -0.05) is 30.3 Å². The van der Waals surface area contributed by atoms with Gasteiger partial charge in [0.2, 0.25) is 0 Å². The van der Waals surface area contributed by atoms with E-state index in [1.807, 2.05) is 55.5 Å². The lowest BCUT2D eigenvalue weighted by Crippen LogP contribution is -2.29. The zero-order valence-corrected chi connectivity index (χ0v) is 18.8. The van der Waals surface area contributed by atoms with Crippen molar-refractivity contribution in [1.29, 1.82) is 0 Å². The Morgan fingerprint density at radius 2 is 1.94 bits per heavy atom. The van der Waals surface area contributed by atoms with Crippen LogP contribution in [0.1, 0.15) is 43.5 Å². The van der Waals surface area contributed by atoms with Gasteiger partial charge in [0.05, 0.1) is 13.2 Å². The average molecular weight is 430 g/mol. The Bertz CT molecular complexity index is 1260. The number of carbonyl (C=O) groups excluding carboxylic acids is 1. The first kappa shape index (κ1) is 20.4. The summed E-state index contributed by atoms with van der Waals surface area (Å²) in [6.07, 6.45) is 2.65. The predicted molar refractivity (Wildman–Crippen MR) is 125 cm³/mol. The van der Waals surface area contributed by atoms with Crippen LogP contribution in [-0.4, -0.2) is 25.2 Å². The molecule has 5 rings (SSSR count). The first-order chi connectivity index (χ1) is 15.4. The van der Waals surface area contributed by atoms with Gasteiger partial charge in [-0.05, 0) is 56.0 Å². The molecule has 0 spiro atoms. The molecular weight excluding hydrogens is 402 g/mol. The van der Waals surface area contributed by atoms with Crippen LogP contribution in [0, 0.1) is 0 Å². The third-order valence-electron chi connectivity index (χ3n) is 6.15. The second-order valence-corrected chi connectivity index (χ2v) is 9.04. The second kappa shape index (κ2) is 7.59. The molecule has 32 heavy (non-hydrogen) atoms. The summed E-state index contributed by atoms with van der Waals surface area (Å²) in [5, 5.41) is 5.27. The highest BCUT2D eigenvalue weighted by Crippen LogP contribution is 2.44. The fourth-order valence-electron chi connectivity index (χ4n) is 4.61. The molecular formula is C27H27NO4. The summed E-state index contributed by atoms with van der Waals surface area (Å²) in [6.45, 7) is 6.49. The molecule has 5 heteroatoms. The Labute approximate surface area is 188 Å². The van der Waals surface area contributed by atoms with Gasteiger partial charge in [0.1, 0.15) is 18.0 Å². The first-order valence-electron chi connectivity index (χ1n) is 10.9. The van der Waals surface area contributed by atoms with Crippen LogP contribution < -0.4 is 19.5 Å². The van der Waals surface area contributed by atoms with Gasteiger partial charge in [0.15, 0.2) is 11.5 Å². The lowest BCUT2D eigenvalue weighted by Gasteiger charge is -2.22. The van der Waals surface area contributed by atoms with Crippen molar-refractivity contribution in [1.82, 2.24) is 5.32 Å². The third-order valence-corrected chi connectivity index (χ3v) is 6.15. The minimum atomic E-state index is -0.264. The summed E-state index contributed by atoms with van der Waals surface area (Å²) in [5.41, 5.74) is 3.29. The zero-order valence-electron chi connectivity index (χ0n) is 18.8. The SMILES string of the molecule is COc1cc(C(C)NC(=O)C2=CCOc3c2ccc2ccccc32)cc2c1OC(C)(C)C2. The number of hydrogen-bond donors (Lipinski definition) is 1. The van der Waals surface area contributed by atoms with E-state index in [0.29, 0.717) is 17.9 Å². The van der Waals surface area contributed by atoms with E-state index in [1.54, 1.807) is 7.11 Å². The molecule has 2 heterocycles. The van der Waals surface area contributed by atoms with E-state index >= 15 is 0 Å². The Kier molecular flexibility index (Phi) is 4.85. The number of rotatable bonds is 4. The topological polar surface area (TPSA) is 56.8 Å². The first-order valence-corrected chi connectivity index (χ1v) is 10.9. The van der Waals surface area contributed by atoms with Gasteiger partial charge in [0.25, 0.3) is 5.91 Å². The lowest BCUT2D eigenvalue weighted by molar-refractivity contribution is -0.116. The molecule has 2 aliphatic rings. The Morgan fingerprint density at radius 1 is 1.12 bits per heavy atom. The van der Waals surface area contributed by atoms with Crippen LogP contribution in [-0.2, 0) is 11.2 Å². The fourth-order valence-corrected chi connectivity index (χ4v) is 4.61.